The van der Waals surface area contributed by atoms with Crippen LogP contribution in [-0.4, -0.2) is 18.2 Å². The first-order valence-electron chi connectivity index (χ1n) is 6.83. The molecule has 2 aromatic carbocycles. The van der Waals surface area contributed by atoms with E-state index in [4.69, 9.17) is 4.74 Å². The van der Waals surface area contributed by atoms with Gasteiger partial charge in [-0.05, 0) is 59.8 Å². The highest BCUT2D eigenvalue weighted by molar-refractivity contribution is 8.18. The second-order valence-electron chi connectivity index (χ2n) is 4.73. The third kappa shape index (κ3) is 3.78. The molecular formula is C17H13FN2O2S. The number of hydrogen-bond acceptors (Lipinski definition) is 4. The topological polar surface area (TPSA) is 50.7 Å². The van der Waals surface area contributed by atoms with E-state index in [2.05, 4.69) is 10.3 Å². The highest BCUT2D eigenvalue weighted by Crippen LogP contribution is 2.28. The monoisotopic (exact) mass is 328 g/mol. The summed E-state index contributed by atoms with van der Waals surface area (Å²) in [7, 11) is 1.59. The molecule has 0 atom stereocenters. The molecule has 4 nitrogen and oxygen atoms in total. The lowest BCUT2D eigenvalue weighted by atomic mass is 10.2. The number of amidine groups is 1. The summed E-state index contributed by atoms with van der Waals surface area (Å²) in [5.41, 5.74) is 1.45. The maximum Gasteiger partial charge on any atom is 0.264 e. The summed E-state index contributed by atoms with van der Waals surface area (Å²) in [4.78, 5) is 16.8. The number of rotatable bonds is 3. The van der Waals surface area contributed by atoms with E-state index in [1.165, 1.54) is 23.9 Å². The first-order chi connectivity index (χ1) is 11.1. The number of ether oxygens (including phenoxy) is 1. The minimum atomic E-state index is -0.323. The summed E-state index contributed by atoms with van der Waals surface area (Å²) in [5.74, 6) is 0.192. The molecule has 0 bridgehead atoms. The van der Waals surface area contributed by atoms with Gasteiger partial charge in [0.2, 0.25) is 0 Å². The predicted octanol–water partition coefficient (Wildman–Crippen LogP) is 3.73. The Morgan fingerprint density at radius 2 is 2.00 bits per heavy atom. The zero-order chi connectivity index (χ0) is 16.2. The quantitative estimate of drug-likeness (QED) is 0.874. The summed E-state index contributed by atoms with van der Waals surface area (Å²) in [6.45, 7) is 0. The number of carbonyl (C=O) groups excluding carboxylic acids is 1. The van der Waals surface area contributed by atoms with Crippen molar-refractivity contribution in [2.24, 2.45) is 4.99 Å². The van der Waals surface area contributed by atoms with E-state index in [1.54, 1.807) is 25.3 Å². The van der Waals surface area contributed by atoms with Crippen LogP contribution in [0.25, 0.3) is 6.08 Å². The van der Waals surface area contributed by atoms with Gasteiger partial charge in [0.25, 0.3) is 5.91 Å². The molecule has 116 valence electrons. The van der Waals surface area contributed by atoms with Gasteiger partial charge < -0.3 is 10.1 Å². The molecule has 23 heavy (non-hydrogen) atoms. The Labute approximate surface area is 137 Å². The molecule has 0 unspecified atom stereocenters. The van der Waals surface area contributed by atoms with Crippen LogP contribution in [0.3, 0.4) is 0 Å². The molecule has 1 N–H and O–H groups in total. The van der Waals surface area contributed by atoms with Gasteiger partial charge in [0.1, 0.15) is 11.6 Å². The summed E-state index contributed by atoms with van der Waals surface area (Å²) in [5, 5.41) is 3.16. The van der Waals surface area contributed by atoms with E-state index >= 15 is 0 Å². The summed E-state index contributed by atoms with van der Waals surface area (Å²) < 4.78 is 18.1. The minimum Gasteiger partial charge on any atom is -0.497 e. The number of amides is 1. The highest BCUT2D eigenvalue weighted by atomic mass is 32.2. The van der Waals surface area contributed by atoms with Crippen molar-refractivity contribution in [3.05, 3.63) is 64.8 Å². The number of halogens is 1. The molecule has 6 heteroatoms. The molecule has 0 aromatic heterocycles. The zero-order valence-electron chi connectivity index (χ0n) is 12.2. The summed E-state index contributed by atoms with van der Waals surface area (Å²) in [6.07, 6.45) is 1.77. The van der Waals surface area contributed by atoms with Gasteiger partial charge in [-0.25, -0.2) is 9.38 Å². The fourth-order valence-corrected chi connectivity index (χ4v) is 2.84. The molecule has 0 aliphatic carbocycles. The van der Waals surface area contributed by atoms with E-state index in [0.717, 1.165) is 11.3 Å². The summed E-state index contributed by atoms with van der Waals surface area (Å²) >= 11 is 1.24. The Bertz CT molecular complexity index is 800. The molecule has 1 heterocycles. The molecule has 3 rings (SSSR count). The smallest absolute Gasteiger partial charge is 0.264 e. The van der Waals surface area contributed by atoms with Crippen molar-refractivity contribution >= 4 is 34.6 Å². The molecule has 1 saturated heterocycles. The van der Waals surface area contributed by atoms with Gasteiger partial charge in [0.15, 0.2) is 5.17 Å². The van der Waals surface area contributed by atoms with Crippen molar-refractivity contribution in [2.45, 2.75) is 0 Å². The average Bonchev–Trinajstić information content (AvgIpc) is 2.89. The van der Waals surface area contributed by atoms with Gasteiger partial charge in [-0.1, -0.05) is 12.1 Å². The first-order valence-corrected chi connectivity index (χ1v) is 7.65. The van der Waals surface area contributed by atoms with E-state index < -0.39 is 0 Å². The second kappa shape index (κ2) is 6.66. The second-order valence-corrected chi connectivity index (χ2v) is 5.77. The molecule has 0 radical (unpaired) electrons. The van der Waals surface area contributed by atoms with Gasteiger partial charge >= 0.3 is 0 Å². The van der Waals surface area contributed by atoms with Crippen LogP contribution in [0.15, 0.2) is 58.4 Å². The Kier molecular flexibility index (Phi) is 4.43. The fourth-order valence-electron chi connectivity index (χ4n) is 2.00. The standard InChI is InChI=1S/C17H13FN2O2S/c1-22-14-4-2-3-11(9-14)10-15-16(21)20-17(23-15)19-13-7-5-12(18)6-8-13/h2-10H,1H3,(H,19,20,21). The fraction of sp³-hybridized carbons (Fsp3) is 0.0588. The minimum absolute atomic E-state index is 0.210. The van der Waals surface area contributed by atoms with Crippen molar-refractivity contribution in [1.82, 2.24) is 5.32 Å². The molecule has 1 amide bonds. The van der Waals surface area contributed by atoms with Crippen molar-refractivity contribution in [2.75, 3.05) is 7.11 Å². The van der Waals surface area contributed by atoms with Crippen LogP contribution in [0.4, 0.5) is 10.1 Å². The number of aliphatic imine (C=N–C) groups is 1. The molecular weight excluding hydrogens is 315 g/mol. The van der Waals surface area contributed by atoms with E-state index in [-0.39, 0.29) is 11.7 Å². The van der Waals surface area contributed by atoms with Gasteiger partial charge in [-0.3, -0.25) is 4.79 Å². The largest absolute Gasteiger partial charge is 0.497 e. The number of methoxy groups -OCH3 is 1. The Hall–Kier alpha value is -2.60. The molecule has 1 aliphatic heterocycles. The maximum atomic E-state index is 12.9. The highest BCUT2D eigenvalue weighted by Gasteiger charge is 2.23. The van der Waals surface area contributed by atoms with Crippen LogP contribution < -0.4 is 10.1 Å². The number of carbonyl (C=O) groups is 1. The molecule has 2 aromatic rings. The van der Waals surface area contributed by atoms with Crippen LogP contribution in [0.1, 0.15) is 5.56 Å². The van der Waals surface area contributed by atoms with Crippen LogP contribution in [0, 0.1) is 5.82 Å². The Morgan fingerprint density at radius 1 is 1.22 bits per heavy atom. The molecule has 0 saturated carbocycles. The van der Waals surface area contributed by atoms with Crippen molar-refractivity contribution in [1.29, 1.82) is 0 Å². The number of thioether (sulfide) groups is 1. The van der Waals surface area contributed by atoms with E-state index in [9.17, 15) is 9.18 Å². The normalized spacial score (nSPS) is 17.6. The average molecular weight is 328 g/mol. The zero-order valence-corrected chi connectivity index (χ0v) is 13.1. The Balaban J connectivity index is 1.81. The van der Waals surface area contributed by atoms with Crippen molar-refractivity contribution in [3.8, 4) is 5.75 Å². The van der Waals surface area contributed by atoms with Gasteiger partial charge in [0, 0.05) is 0 Å². The van der Waals surface area contributed by atoms with Crippen LogP contribution in [0.2, 0.25) is 0 Å². The van der Waals surface area contributed by atoms with Gasteiger partial charge in [0.05, 0.1) is 17.7 Å². The lowest BCUT2D eigenvalue weighted by Gasteiger charge is -2.00. The Morgan fingerprint density at radius 3 is 2.74 bits per heavy atom. The number of nitrogens with zero attached hydrogens (tertiary/aromatic N) is 1. The lowest BCUT2D eigenvalue weighted by Crippen LogP contribution is -2.19. The maximum absolute atomic E-state index is 12.9. The molecule has 1 aliphatic rings. The number of nitrogens with one attached hydrogen (secondary N) is 1. The third-order valence-electron chi connectivity index (χ3n) is 3.10. The van der Waals surface area contributed by atoms with Crippen molar-refractivity contribution < 1.29 is 13.9 Å². The predicted molar refractivity (Wildman–Crippen MR) is 90.2 cm³/mol. The summed E-state index contributed by atoms with van der Waals surface area (Å²) in [6, 6.07) is 13.2. The first kappa shape index (κ1) is 15.3. The van der Waals surface area contributed by atoms with Crippen LogP contribution >= 0.6 is 11.8 Å². The van der Waals surface area contributed by atoms with Crippen LogP contribution in [-0.2, 0) is 4.79 Å². The SMILES string of the molecule is COc1cccc(C=C2SC(=Nc3ccc(F)cc3)NC2=O)c1. The van der Waals surface area contributed by atoms with Crippen molar-refractivity contribution in [3.63, 3.8) is 0 Å². The van der Waals surface area contributed by atoms with Gasteiger partial charge in [-0.15, -0.1) is 0 Å². The van der Waals surface area contributed by atoms with E-state index in [1.807, 2.05) is 24.3 Å². The molecule has 1 fully saturated rings. The van der Waals surface area contributed by atoms with Gasteiger partial charge in [-0.2, -0.15) is 0 Å². The number of hydrogen-bond donors (Lipinski definition) is 1. The lowest BCUT2D eigenvalue weighted by molar-refractivity contribution is -0.115. The van der Waals surface area contributed by atoms with Crippen LogP contribution in [0.5, 0.6) is 5.75 Å². The van der Waals surface area contributed by atoms with E-state index in [0.29, 0.717) is 15.8 Å². The number of benzene rings is 2. The third-order valence-corrected chi connectivity index (χ3v) is 4.01. The molecule has 0 spiro atoms.